The van der Waals surface area contributed by atoms with Crippen LogP contribution in [0.4, 0.5) is 5.82 Å². The van der Waals surface area contributed by atoms with E-state index in [0.29, 0.717) is 18.4 Å². The molecule has 1 aliphatic heterocycles. The first-order valence-electron chi connectivity index (χ1n) is 7.24. The van der Waals surface area contributed by atoms with Gasteiger partial charge in [0.15, 0.2) is 0 Å². The minimum Gasteiger partial charge on any atom is -0.476 e. The van der Waals surface area contributed by atoms with E-state index >= 15 is 0 Å². The topological polar surface area (TPSA) is 64.0 Å². The third-order valence-corrected chi connectivity index (χ3v) is 3.78. The van der Waals surface area contributed by atoms with Gasteiger partial charge in [0.25, 0.3) is 0 Å². The maximum absolute atomic E-state index is 5.80. The van der Waals surface area contributed by atoms with Crippen LogP contribution in [0.1, 0.15) is 18.5 Å². The molecule has 0 saturated carbocycles. The summed E-state index contributed by atoms with van der Waals surface area (Å²) in [6, 6.07) is 0. The lowest BCUT2D eigenvalue weighted by Crippen LogP contribution is -2.36. The van der Waals surface area contributed by atoms with Crippen molar-refractivity contribution < 1.29 is 4.74 Å². The van der Waals surface area contributed by atoms with Crippen LogP contribution in [-0.4, -0.2) is 39.6 Å². The number of piperidine rings is 1. The molecule has 0 spiro atoms. The Kier molecular flexibility index (Phi) is 4.23. The van der Waals surface area contributed by atoms with Gasteiger partial charge in [0, 0.05) is 37.9 Å². The average molecular weight is 285 g/mol. The average Bonchev–Trinajstić information content (AvgIpc) is 2.55. The van der Waals surface area contributed by atoms with E-state index < -0.39 is 0 Å². The third-order valence-electron chi connectivity index (χ3n) is 3.78. The number of ether oxygens (including phenoxy) is 1. The quantitative estimate of drug-likeness (QED) is 0.854. The van der Waals surface area contributed by atoms with Gasteiger partial charge in [0.05, 0.1) is 18.5 Å². The lowest BCUT2D eigenvalue weighted by molar-refractivity contribution is 0.214. The molecule has 0 radical (unpaired) electrons. The molecule has 3 heterocycles. The van der Waals surface area contributed by atoms with Crippen LogP contribution in [0.25, 0.3) is 0 Å². The van der Waals surface area contributed by atoms with E-state index in [2.05, 4.69) is 24.8 Å². The van der Waals surface area contributed by atoms with E-state index in [1.54, 1.807) is 24.8 Å². The molecule has 2 aromatic rings. The van der Waals surface area contributed by atoms with Gasteiger partial charge in [-0.3, -0.25) is 9.97 Å². The number of aryl methyl sites for hydroxylation is 1. The zero-order chi connectivity index (χ0) is 14.5. The molecule has 0 unspecified atom stereocenters. The molecule has 21 heavy (non-hydrogen) atoms. The fourth-order valence-corrected chi connectivity index (χ4v) is 2.52. The maximum Gasteiger partial charge on any atom is 0.235 e. The lowest BCUT2D eigenvalue weighted by atomic mass is 9.98. The summed E-state index contributed by atoms with van der Waals surface area (Å²) in [7, 11) is 0. The highest BCUT2D eigenvalue weighted by molar-refractivity contribution is 5.35. The van der Waals surface area contributed by atoms with E-state index in [1.807, 2.05) is 13.1 Å². The molecule has 1 aliphatic rings. The Morgan fingerprint density at radius 3 is 2.57 bits per heavy atom. The van der Waals surface area contributed by atoms with Gasteiger partial charge in [0.2, 0.25) is 5.88 Å². The second kappa shape index (κ2) is 6.47. The SMILES string of the molecule is Cc1nccnc1OCC1CCN(c2cnccn2)CC1. The summed E-state index contributed by atoms with van der Waals surface area (Å²) < 4.78 is 5.80. The molecule has 1 saturated heterocycles. The van der Waals surface area contributed by atoms with Crippen LogP contribution in [0.5, 0.6) is 5.88 Å². The molecular formula is C15H19N5O. The first-order valence-corrected chi connectivity index (χ1v) is 7.24. The second-order valence-electron chi connectivity index (χ2n) is 5.25. The Morgan fingerprint density at radius 2 is 1.86 bits per heavy atom. The number of anilines is 1. The van der Waals surface area contributed by atoms with E-state index in [-0.39, 0.29) is 0 Å². The van der Waals surface area contributed by atoms with Crippen LogP contribution in [0.2, 0.25) is 0 Å². The van der Waals surface area contributed by atoms with Crippen molar-refractivity contribution in [3.63, 3.8) is 0 Å². The molecule has 0 aliphatic carbocycles. The Hall–Kier alpha value is -2.24. The van der Waals surface area contributed by atoms with Crippen molar-refractivity contribution in [3.05, 3.63) is 36.7 Å². The Morgan fingerprint density at radius 1 is 1.10 bits per heavy atom. The minimum absolute atomic E-state index is 0.555. The van der Waals surface area contributed by atoms with Gasteiger partial charge in [-0.2, -0.15) is 0 Å². The molecule has 2 aromatic heterocycles. The van der Waals surface area contributed by atoms with Crippen molar-refractivity contribution >= 4 is 5.82 Å². The summed E-state index contributed by atoms with van der Waals surface area (Å²) in [4.78, 5) is 19.1. The van der Waals surface area contributed by atoms with Gasteiger partial charge in [-0.15, -0.1) is 0 Å². The first-order chi connectivity index (χ1) is 10.3. The zero-order valence-electron chi connectivity index (χ0n) is 12.1. The molecule has 0 amide bonds. The summed E-state index contributed by atoms with van der Waals surface area (Å²) in [5, 5.41) is 0. The minimum atomic E-state index is 0.555. The normalized spacial score (nSPS) is 16.0. The van der Waals surface area contributed by atoms with Gasteiger partial charge in [-0.05, 0) is 25.7 Å². The highest BCUT2D eigenvalue weighted by atomic mass is 16.5. The highest BCUT2D eigenvalue weighted by Crippen LogP contribution is 2.22. The standard InChI is InChI=1S/C15H19N5O/c1-12-15(19-7-6-17-12)21-11-13-2-8-20(9-3-13)14-10-16-4-5-18-14/h4-7,10,13H,2-3,8-9,11H2,1H3. The van der Waals surface area contributed by atoms with Crippen molar-refractivity contribution in [2.24, 2.45) is 5.92 Å². The van der Waals surface area contributed by atoms with Crippen LogP contribution in [0, 0.1) is 12.8 Å². The number of hydrogen-bond donors (Lipinski definition) is 0. The molecule has 3 rings (SSSR count). The fraction of sp³-hybridized carbons (Fsp3) is 0.467. The smallest absolute Gasteiger partial charge is 0.235 e. The van der Waals surface area contributed by atoms with Crippen LogP contribution < -0.4 is 9.64 Å². The van der Waals surface area contributed by atoms with Crippen molar-refractivity contribution in [3.8, 4) is 5.88 Å². The highest BCUT2D eigenvalue weighted by Gasteiger charge is 2.21. The van der Waals surface area contributed by atoms with Crippen LogP contribution >= 0.6 is 0 Å². The van der Waals surface area contributed by atoms with Crippen LogP contribution in [-0.2, 0) is 0 Å². The number of rotatable bonds is 4. The lowest BCUT2D eigenvalue weighted by Gasteiger charge is -2.32. The Bertz CT molecular complexity index is 569. The van der Waals surface area contributed by atoms with Gasteiger partial charge in [0.1, 0.15) is 5.82 Å². The number of hydrogen-bond acceptors (Lipinski definition) is 6. The first kappa shape index (κ1) is 13.7. The molecule has 0 bridgehead atoms. The van der Waals surface area contributed by atoms with E-state index in [4.69, 9.17) is 4.74 Å². The van der Waals surface area contributed by atoms with E-state index in [1.165, 1.54) is 0 Å². The van der Waals surface area contributed by atoms with E-state index in [9.17, 15) is 0 Å². The van der Waals surface area contributed by atoms with Crippen LogP contribution in [0.3, 0.4) is 0 Å². The van der Waals surface area contributed by atoms with Crippen molar-refractivity contribution in [1.29, 1.82) is 0 Å². The molecule has 1 fully saturated rings. The largest absolute Gasteiger partial charge is 0.476 e. The molecule has 6 nitrogen and oxygen atoms in total. The van der Waals surface area contributed by atoms with Crippen molar-refractivity contribution in [2.75, 3.05) is 24.6 Å². The Labute approximate surface area is 124 Å². The van der Waals surface area contributed by atoms with Crippen LogP contribution in [0.15, 0.2) is 31.0 Å². The summed E-state index contributed by atoms with van der Waals surface area (Å²) in [6.45, 7) is 4.60. The monoisotopic (exact) mass is 285 g/mol. The summed E-state index contributed by atoms with van der Waals surface area (Å²) >= 11 is 0. The zero-order valence-corrected chi connectivity index (χ0v) is 12.1. The number of nitrogens with zero attached hydrogens (tertiary/aromatic N) is 5. The molecule has 0 atom stereocenters. The molecule has 6 heteroatoms. The van der Waals surface area contributed by atoms with Gasteiger partial charge in [-0.1, -0.05) is 0 Å². The predicted molar refractivity (Wildman–Crippen MR) is 79.2 cm³/mol. The Balaban J connectivity index is 1.49. The maximum atomic E-state index is 5.80. The third kappa shape index (κ3) is 3.45. The van der Waals surface area contributed by atoms with Gasteiger partial charge >= 0.3 is 0 Å². The second-order valence-corrected chi connectivity index (χ2v) is 5.25. The molecule has 0 aromatic carbocycles. The molecular weight excluding hydrogens is 266 g/mol. The summed E-state index contributed by atoms with van der Waals surface area (Å²) in [5.41, 5.74) is 0.842. The van der Waals surface area contributed by atoms with Crippen molar-refractivity contribution in [2.45, 2.75) is 19.8 Å². The molecule has 110 valence electrons. The van der Waals surface area contributed by atoms with E-state index in [0.717, 1.165) is 37.4 Å². The summed E-state index contributed by atoms with van der Waals surface area (Å²) in [6.07, 6.45) is 10.8. The number of aromatic nitrogens is 4. The fourth-order valence-electron chi connectivity index (χ4n) is 2.52. The molecule has 0 N–H and O–H groups in total. The summed E-state index contributed by atoms with van der Waals surface area (Å²) in [5.74, 6) is 2.16. The van der Waals surface area contributed by atoms with Gasteiger partial charge < -0.3 is 9.64 Å². The van der Waals surface area contributed by atoms with Gasteiger partial charge in [-0.25, -0.2) is 9.97 Å². The predicted octanol–water partition coefficient (Wildman–Crippen LogP) is 1.87. The van der Waals surface area contributed by atoms with Crippen molar-refractivity contribution in [1.82, 2.24) is 19.9 Å².